The smallest absolute Gasteiger partial charge is 0.269 e. The molecule has 2 aromatic carbocycles. The first-order chi connectivity index (χ1) is 13.8. The van der Waals surface area contributed by atoms with Crippen molar-refractivity contribution in [3.05, 3.63) is 63.6 Å². The second kappa shape index (κ2) is 10.6. The van der Waals surface area contributed by atoms with Gasteiger partial charge in [0.15, 0.2) is 16.6 Å². The van der Waals surface area contributed by atoms with Crippen molar-refractivity contribution in [1.29, 1.82) is 0 Å². The Balaban J connectivity index is 1.87. The van der Waals surface area contributed by atoms with Gasteiger partial charge in [-0.2, -0.15) is 0 Å². The summed E-state index contributed by atoms with van der Waals surface area (Å²) in [7, 11) is 3.08. The second-order valence-corrected chi connectivity index (χ2v) is 7.07. The maximum atomic E-state index is 12.1. The Morgan fingerprint density at radius 3 is 2.41 bits per heavy atom. The van der Waals surface area contributed by atoms with E-state index >= 15 is 0 Å². The van der Waals surface area contributed by atoms with E-state index in [1.54, 1.807) is 43.5 Å². The summed E-state index contributed by atoms with van der Waals surface area (Å²) >= 11 is 8.39. The molecule has 0 aromatic heterocycles. The quantitative estimate of drug-likeness (QED) is 0.348. The number of amides is 2. The molecule has 3 N–H and O–H groups in total. The van der Waals surface area contributed by atoms with Crippen LogP contribution in [0, 0.1) is 6.92 Å². The Bertz CT molecular complexity index is 963. The number of hydrogen-bond acceptors (Lipinski definition) is 5. The molecule has 0 aliphatic rings. The van der Waals surface area contributed by atoms with Crippen LogP contribution in [0.3, 0.4) is 0 Å². The van der Waals surface area contributed by atoms with Gasteiger partial charge < -0.3 is 9.47 Å². The van der Waals surface area contributed by atoms with Crippen LogP contribution in [0.5, 0.6) is 11.5 Å². The van der Waals surface area contributed by atoms with Gasteiger partial charge in [0.25, 0.3) is 5.91 Å². The fourth-order valence-corrected chi connectivity index (χ4v) is 2.76. The van der Waals surface area contributed by atoms with Gasteiger partial charge in [-0.3, -0.25) is 25.8 Å². The Kier molecular flexibility index (Phi) is 8.17. The van der Waals surface area contributed by atoms with E-state index in [4.69, 9.17) is 21.7 Å². The highest BCUT2D eigenvalue weighted by atomic mass is 79.9. The zero-order chi connectivity index (χ0) is 21.4. The number of ether oxygens (including phenoxy) is 2. The Hall–Kier alpha value is -2.91. The minimum Gasteiger partial charge on any atom is -0.493 e. The summed E-state index contributed by atoms with van der Waals surface area (Å²) in [5, 5.41) is 2.41. The lowest BCUT2D eigenvalue weighted by molar-refractivity contribution is -0.115. The molecule has 29 heavy (non-hydrogen) atoms. The molecule has 0 aliphatic carbocycles. The van der Waals surface area contributed by atoms with Crippen molar-refractivity contribution >= 4 is 51.2 Å². The molecular formula is C20H20BrN3O4S. The largest absolute Gasteiger partial charge is 0.493 e. The Morgan fingerprint density at radius 1 is 1.03 bits per heavy atom. The number of carbonyl (C=O) groups is 2. The molecule has 0 unspecified atom stereocenters. The SMILES string of the molecule is COc1ccc(/C=C/C(=O)NC(=S)NNC(=O)c2ccc(C)c(Br)c2)cc1OC. The highest BCUT2D eigenvalue weighted by Crippen LogP contribution is 2.27. The summed E-state index contributed by atoms with van der Waals surface area (Å²) in [6, 6.07) is 10.4. The first-order valence-corrected chi connectivity index (χ1v) is 9.61. The van der Waals surface area contributed by atoms with Crippen LogP contribution in [-0.2, 0) is 4.79 Å². The zero-order valence-electron chi connectivity index (χ0n) is 16.0. The van der Waals surface area contributed by atoms with Gasteiger partial charge in [-0.15, -0.1) is 0 Å². The molecule has 7 nitrogen and oxygen atoms in total. The topological polar surface area (TPSA) is 88.7 Å². The van der Waals surface area contributed by atoms with Crippen molar-refractivity contribution in [2.24, 2.45) is 0 Å². The number of methoxy groups -OCH3 is 2. The average Bonchev–Trinajstić information content (AvgIpc) is 2.72. The van der Waals surface area contributed by atoms with E-state index in [9.17, 15) is 9.59 Å². The predicted molar refractivity (Wildman–Crippen MR) is 119 cm³/mol. The molecule has 0 bridgehead atoms. The van der Waals surface area contributed by atoms with Gasteiger partial charge >= 0.3 is 0 Å². The van der Waals surface area contributed by atoms with Gasteiger partial charge in [-0.25, -0.2) is 0 Å². The number of hydrogen-bond donors (Lipinski definition) is 3. The van der Waals surface area contributed by atoms with Crippen LogP contribution in [0.1, 0.15) is 21.5 Å². The lowest BCUT2D eigenvalue weighted by Gasteiger charge is -2.10. The molecule has 0 atom stereocenters. The van der Waals surface area contributed by atoms with Gasteiger partial charge in [-0.1, -0.05) is 28.1 Å². The molecule has 2 rings (SSSR count). The highest BCUT2D eigenvalue weighted by Gasteiger charge is 2.08. The van der Waals surface area contributed by atoms with Crippen molar-refractivity contribution in [2.75, 3.05) is 14.2 Å². The number of aryl methyl sites for hydroxylation is 1. The molecule has 0 fully saturated rings. The molecule has 0 heterocycles. The van der Waals surface area contributed by atoms with Gasteiger partial charge in [0, 0.05) is 16.1 Å². The van der Waals surface area contributed by atoms with Gasteiger partial charge in [0.05, 0.1) is 14.2 Å². The molecule has 152 valence electrons. The van der Waals surface area contributed by atoms with Crippen LogP contribution >= 0.6 is 28.1 Å². The lowest BCUT2D eigenvalue weighted by atomic mass is 10.1. The molecule has 0 saturated heterocycles. The van der Waals surface area contributed by atoms with Crippen LogP contribution in [0.15, 0.2) is 46.9 Å². The Labute approximate surface area is 182 Å². The molecule has 0 saturated carbocycles. The molecular weight excluding hydrogens is 458 g/mol. The number of hydrazine groups is 1. The summed E-state index contributed by atoms with van der Waals surface area (Å²) in [4.78, 5) is 24.1. The normalized spacial score (nSPS) is 10.3. The van der Waals surface area contributed by atoms with Crippen molar-refractivity contribution in [3.63, 3.8) is 0 Å². The highest BCUT2D eigenvalue weighted by molar-refractivity contribution is 9.10. The number of rotatable bonds is 5. The van der Waals surface area contributed by atoms with E-state index in [0.29, 0.717) is 17.1 Å². The van der Waals surface area contributed by atoms with Gasteiger partial charge in [-0.05, 0) is 60.6 Å². The van der Waals surface area contributed by atoms with E-state index in [2.05, 4.69) is 32.1 Å². The van der Waals surface area contributed by atoms with E-state index < -0.39 is 5.91 Å². The maximum absolute atomic E-state index is 12.1. The zero-order valence-corrected chi connectivity index (χ0v) is 18.4. The number of benzene rings is 2. The third kappa shape index (κ3) is 6.58. The van der Waals surface area contributed by atoms with Crippen LogP contribution < -0.4 is 25.6 Å². The van der Waals surface area contributed by atoms with E-state index in [0.717, 1.165) is 15.6 Å². The van der Waals surface area contributed by atoms with E-state index in [-0.39, 0.29) is 11.0 Å². The molecule has 9 heteroatoms. The fourth-order valence-electron chi connectivity index (χ4n) is 2.23. The molecule has 0 spiro atoms. The first-order valence-electron chi connectivity index (χ1n) is 8.41. The maximum Gasteiger partial charge on any atom is 0.269 e. The number of halogens is 1. The standard InChI is InChI=1S/C20H20BrN3O4S/c1-12-4-7-14(11-15(12)21)19(26)23-24-20(29)22-18(25)9-6-13-5-8-16(27-2)17(10-13)28-3/h4-11H,1-3H3,(H,23,26)(H2,22,24,25,29)/b9-6+. The van der Waals surface area contributed by atoms with Crippen LogP contribution in [0.2, 0.25) is 0 Å². The van der Waals surface area contributed by atoms with E-state index in [1.807, 2.05) is 13.0 Å². The summed E-state index contributed by atoms with van der Waals surface area (Å²) in [5.41, 5.74) is 7.12. The summed E-state index contributed by atoms with van der Waals surface area (Å²) < 4.78 is 11.2. The van der Waals surface area contributed by atoms with Crippen LogP contribution in [0.4, 0.5) is 0 Å². The second-order valence-electron chi connectivity index (χ2n) is 5.81. The summed E-state index contributed by atoms with van der Waals surface area (Å²) in [6.45, 7) is 1.92. The number of nitrogens with one attached hydrogen (secondary N) is 3. The summed E-state index contributed by atoms with van der Waals surface area (Å²) in [6.07, 6.45) is 2.91. The first kappa shape index (κ1) is 22.4. The van der Waals surface area contributed by atoms with Crippen molar-refractivity contribution < 1.29 is 19.1 Å². The third-order valence-electron chi connectivity index (χ3n) is 3.80. The van der Waals surface area contributed by atoms with Gasteiger partial charge in [0.2, 0.25) is 5.91 Å². The van der Waals surface area contributed by atoms with Crippen molar-refractivity contribution in [1.82, 2.24) is 16.2 Å². The van der Waals surface area contributed by atoms with Crippen molar-refractivity contribution in [2.45, 2.75) is 6.92 Å². The minimum atomic E-state index is -0.454. The van der Waals surface area contributed by atoms with Crippen molar-refractivity contribution in [3.8, 4) is 11.5 Å². The molecule has 0 radical (unpaired) electrons. The summed E-state index contributed by atoms with van der Waals surface area (Å²) in [5.74, 6) is 0.307. The Morgan fingerprint density at radius 2 is 1.76 bits per heavy atom. The number of thiocarbonyl (C=S) groups is 1. The molecule has 2 amide bonds. The predicted octanol–water partition coefficient (Wildman–Crippen LogP) is 3.12. The van der Waals surface area contributed by atoms with Gasteiger partial charge in [0.1, 0.15) is 0 Å². The fraction of sp³-hybridized carbons (Fsp3) is 0.150. The van der Waals surface area contributed by atoms with Crippen LogP contribution in [0.25, 0.3) is 6.08 Å². The number of carbonyl (C=O) groups excluding carboxylic acids is 2. The molecule has 2 aromatic rings. The molecule has 0 aliphatic heterocycles. The average molecular weight is 478 g/mol. The lowest BCUT2D eigenvalue weighted by Crippen LogP contribution is -2.48. The van der Waals surface area contributed by atoms with E-state index in [1.165, 1.54) is 13.2 Å². The third-order valence-corrected chi connectivity index (χ3v) is 4.85. The monoisotopic (exact) mass is 477 g/mol. The minimum absolute atomic E-state index is 0.0357. The van der Waals surface area contributed by atoms with Crippen LogP contribution in [-0.4, -0.2) is 31.1 Å².